The Labute approximate surface area is 161 Å². The summed E-state index contributed by atoms with van der Waals surface area (Å²) in [5.41, 5.74) is 3.55. The Morgan fingerprint density at radius 3 is 2.65 bits per heavy atom. The van der Waals surface area contributed by atoms with Crippen molar-refractivity contribution in [2.75, 3.05) is 5.32 Å². The lowest BCUT2D eigenvalue weighted by Crippen LogP contribution is -2.50. The van der Waals surface area contributed by atoms with E-state index in [2.05, 4.69) is 53.6 Å². The summed E-state index contributed by atoms with van der Waals surface area (Å²) in [4.78, 5) is 2.62. The summed E-state index contributed by atoms with van der Waals surface area (Å²) in [7, 11) is 0. The van der Waals surface area contributed by atoms with Gasteiger partial charge in [-0.25, -0.2) is 0 Å². The molecule has 2 N–H and O–H groups in total. The highest BCUT2D eigenvalue weighted by Crippen LogP contribution is 2.37. The molecule has 2 aliphatic rings. The van der Waals surface area contributed by atoms with Gasteiger partial charge in [0.1, 0.15) is 5.76 Å². The molecule has 2 aromatic rings. The zero-order chi connectivity index (χ0) is 18.1. The highest BCUT2D eigenvalue weighted by molar-refractivity contribution is 7.80. The third kappa shape index (κ3) is 3.79. The molecule has 2 saturated heterocycles. The van der Waals surface area contributed by atoms with E-state index in [1.165, 1.54) is 24.0 Å². The minimum absolute atomic E-state index is 0.450. The van der Waals surface area contributed by atoms with Gasteiger partial charge in [0.15, 0.2) is 5.11 Å². The van der Waals surface area contributed by atoms with E-state index in [1.807, 2.05) is 6.07 Å². The molecule has 0 amide bonds. The second kappa shape index (κ2) is 7.41. The molecule has 3 heterocycles. The topological polar surface area (TPSA) is 40.4 Å². The monoisotopic (exact) mass is 369 g/mol. The highest BCUT2D eigenvalue weighted by atomic mass is 32.1. The predicted molar refractivity (Wildman–Crippen MR) is 109 cm³/mol. The van der Waals surface area contributed by atoms with Crippen molar-refractivity contribution in [2.45, 2.75) is 64.2 Å². The van der Waals surface area contributed by atoms with Crippen LogP contribution in [0, 0.1) is 13.8 Å². The molecular weight excluding hydrogens is 342 g/mol. The lowest BCUT2D eigenvalue weighted by molar-refractivity contribution is 0.106. The summed E-state index contributed by atoms with van der Waals surface area (Å²) in [5, 5.41) is 7.69. The van der Waals surface area contributed by atoms with Crippen molar-refractivity contribution in [1.29, 1.82) is 0 Å². The molecule has 3 atom stereocenters. The Bertz CT molecular complexity index is 760. The Kier molecular flexibility index (Phi) is 5.00. The Balaban J connectivity index is 1.34. The number of furan rings is 1. The maximum Gasteiger partial charge on any atom is 0.171 e. The predicted octanol–water partition coefficient (Wildman–Crippen LogP) is 4.38. The number of benzene rings is 1. The largest absolute Gasteiger partial charge is 0.468 e. The molecule has 1 unspecified atom stereocenters. The molecule has 1 aromatic heterocycles. The van der Waals surface area contributed by atoms with Crippen LogP contribution in [-0.4, -0.2) is 28.1 Å². The van der Waals surface area contributed by atoms with Gasteiger partial charge in [-0.05, 0) is 81.1 Å². The van der Waals surface area contributed by atoms with Gasteiger partial charge >= 0.3 is 0 Å². The van der Waals surface area contributed by atoms with Crippen molar-refractivity contribution in [3.8, 4) is 0 Å². The van der Waals surface area contributed by atoms with E-state index in [0.717, 1.165) is 35.9 Å². The summed E-state index contributed by atoms with van der Waals surface area (Å²) >= 11 is 5.59. The Morgan fingerprint density at radius 2 is 1.96 bits per heavy atom. The van der Waals surface area contributed by atoms with Gasteiger partial charge in [-0.3, -0.25) is 4.90 Å². The molecule has 26 heavy (non-hydrogen) atoms. The number of anilines is 1. The van der Waals surface area contributed by atoms with Gasteiger partial charge in [0.2, 0.25) is 0 Å². The summed E-state index contributed by atoms with van der Waals surface area (Å²) in [6, 6.07) is 12.2. The highest BCUT2D eigenvalue weighted by Gasteiger charge is 2.41. The van der Waals surface area contributed by atoms with E-state index in [9.17, 15) is 0 Å². The zero-order valence-electron chi connectivity index (χ0n) is 15.5. The number of nitrogens with zero attached hydrogens (tertiary/aromatic N) is 1. The van der Waals surface area contributed by atoms with Gasteiger partial charge in [-0.15, -0.1) is 0 Å². The fraction of sp³-hybridized carbons (Fsp3) is 0.476. The third-order valence-electron chi connectivity index (χ3n) is 5.78. The standard InChI is InChI=1S/C21H27N3OS/c1-14-5-6-15(2)20(10-14)23-21(26)22-16-11-17-7-8-18(12-16)24(17)13-19-4-3-9-25-19/h3-6,9-10,16-18H,7-8,11-13H2,1-2H3,(H2,22,23,26)/t16?,17-,18+. The second-order valence-electron chi connectivity index (χ2n) is 7.72. The first-order valence-electron chi connectivity index (χ1n) is 9.51. The second-order valence-corrected chi connectivity index (χ2v) is 8.13. The molecule has 0 aliphatic carbocycles. The van der Waals surface area contributed by atoms with Crippen LogP contribution in [0.2, 0.25) is 0 Å². The number of hydrogen-bond acceptors (Lipinski definition) is 3. The number of piperidine rings is 1. The molecule has 0 saturated carbocycles. The summed E-state index contributed by atoms with van der Waals surface area (Å²) in [5.74, 6) is 1.07. The van der Waals surface area contributed by atoms with E-state index < -0.39 is 0 Å². The molecule has 4 rings (SSSR count). The number of thiocarbonyl (C=S) groups is 1. The smallest absolute Gasteiger partial charge is 0.171 e. The molecule has 5 heteroatoms. The van der Waals surface area contributed by atoms with Gasteiger partial charge in [-0.1, -0.05) is 12.1 Å². The Morgan fingerprint density at radius 1 is 1.19 bits per heavy atom. The number of fused-ring (bicyclic) bond motifs is 2. The van der Waals surface area contributed by atoms with E-state index in [1.54, 1.807) is 6.26 Å². The van der Waals surface area contributed by atoms with Crippen molar-refractivity contribution in [3.63, 3.8) is 0 Å². The number of rotatable bonds is 4. The molecule has 0 spiro atoms. The van der Waals surface area contributed by atoms with Crippen LogP contribution in [0.25, 0.3) is 0 Å². The maximum atomic E-state index is 5.59. The van der Waals surface area contributed by atoms with Crippen LogP contribution >= 0.6 is 12.2 Å². The first-order valence-corrected chi connectivity index (χ1v) is 9.92. The first kappa shape index (κ1) is 17.6. The molecule has 2 bridgehead atoms. The van der Waals surface area contributed by atoms with Crippen LogP contribution in [-0.2, 0) is 6.54 Å². The fourth-order valence-corrected chi connectivity index (χ4v) is 4.72. The van der Waals surface area contributed by atoms with Gasteiger partial charge in [-0.2, -0.15) is 0 Å². The minimum atomic E-state index is 0.450. The van der Waals surface area contributed by atoms with Crippen LogP contribution in [0.5, 0.6) is 0 Å². The van der Waals surface area contributed by atoms with E-state index in [0.29, 0.717) is 18.1 Å². The minimum Gasteiger partial charge on any atom is -0.468 e. The molecule has 0 radical (unpaired) electrons. The SMILES string of the molecule is Cc1ccc(C)c(NC(=S)NC2C[C@H]3CC[C@@H](C2)N3Cc2ccco2)c1. The number of hydrogen-bond donors (Lipinski definition) is 2. The quantitative estimate of drug-likeness (QED) is 0.783. The molecule has 2 aliphatic heterocycles. The lowest BCUT2D eigenvalue weighted by Gasteiger charge is -2.39. The molecule has 2 fully saturated rings. The van der Waals surface area contributed by atoms with Crippen molar-refractivity contribution >= 4 is 23.0 Å². The summed E-state index contributed by atoms with van der Waals surface area (Å²) in [6.45, 7) is 5.14. The van der Waals surface area contributed by atoms with E-state index >= 15 is 0 Å². The maximum absolute atomic E-state index is 5.59. The van der Waals surface area contributed by atoms with Crippen molar-refractivity contribution in [3.05, 3.63) is 53.5 Å². The van der Waals surface area contributed by atoms with Gasteiger partial charge < -0.3 is 15.1 Å². The van der Waals surface area contributed by atoms with Crippen LogP contribution in [0.4, 0.5) is 5.69 Å². The van der Waals surface area contributed by atoms with E-state index in [4.69, 9.17) is 16.6 Å². The van der Waals surface area contributed by atoms with Gasteiger partial charge in [0.25, 0.3) is 0 Å². The average Bonchev–Trinajstić information content (AvgIpc) is 3.18. The molecule has 4 nitrogen and oxygen atoms in total. The summed E-state index contributed by atoms with van der Waals surface area (Å²) in [6.07, 6.45) is 6.61. The molecular formula is C21H27N3OS. The molecule has 1 aromatic carbocycles. The first-order chi connectivity index (χ1) is 12.6. The van der Waals surface area contributed by atoms with Gasteiger partial charge in [0.05, 0.1) is 12.8 Å². The number of aryl methyl sites for hydroxylation is 2. The van der Waals surface area contributed by atoms with Crippen LogP contribution in [0.3, 0.4) is 0 Å². The summed E-state index contributed by atoms with van der Waals surface area (Å²) < 4.78 is 5.55. The van der Waals surface area contributed by atoms with Crippen LogP contribution in [0.15, 0.2) is 41.0 Å². The third-order valence-corrected chi connectivity index (χ3v) is 6.00. The lowest BCUT2D eigenvalue weighted by atomic mass is 9.97. The Hall–Kier alpha value is -1.85. The van der Waals surface area contributed by atoms with Crippen molar-refractivity contribution in [1.82, 2.24) is 10.2 Å². The van der Waals surface area contributed by atoms with E-state index in [-0.39, 0.29) is 0 Å². The number of nitrogens with one attached hydrogen (secondary N) is 2. The van der Waals surface area contributed by atoms with Crippen LogP contribution < -0.4 is 10.6 Å². The zero-order valence-corrected chi connectivity index (χ0v) is 16.3. The molecule has 138 valence electrons. The van der Waals surface area contributed by atoms with Crippen molar-refractivity contribution < 1.29 is 4.42 Å². The normalized spacial score (nSPS) is 25.2. The van der Waals surface area contributed by atoms with Crippen molar-refractivity contribution in [2.24, 2.45) is 0 Å². The van der Waals surface area contributed by atoms with Gasteiger partial charge in [0, 0.05) is 23.8 Å². The van der Waals surface area contributed by atoms with Crippen LogP contribution in [0.1, 0.15) is 42.6 Å². The average molecular weight is 370 g/mol. The fourth-order valence-electron chi connectivity index (χ4n) is 4.45.